The number of hydrogen-bond acceptors (Lipinski definition) is 10. The number of anilines is 2. The molecule has 0 atom stereocenters. The third-order valence-corrected chi connectivity index (χ3v) is 3.63. The maximum atomic E-state index is 12.4. The zero-order chi connectivity index (χ0) is 22.7. The van der Waals surface area contributed by atoms with Gasteiger partial charge in [0.05, 0.1) is 31.8 Å². The van der Waals surface area contributed by atoms with Crippen LogP contribution in [0.2, 0.25) is 0 Å². The van der Waals surface area contributed by atoms with Crippen LogP contribution in [0.25, 0.3) is 0 Å². The Morgan fingerprint density at radius 1 is 0.700 bits per heavy atom. The Kier molecular flexibility index (Phi) is 5.62. The molecular formula is C14H8N6O10. The number of nitro groups is 4. The molecule has 0 heterocycles. The number of hydrogen-bond donors (Lipinski definition) is 1. The Bertz CT molecular complexity index is 1050. The molecule has 2 amide bonds. The molecule has 0 aliphatic heterocycles. The minimum absolute atomic E-state index is 0.187. The van der Waals surface area contributed by atoms with Gasteiger partial charge in [-0.15, -0.1) is 0 Å². The molecule has 0 fully saturated rings. The molecule has 0 saturated heterocycles. The quantitative estimate of drug-likeness (QED) is 0.401. The average Bonchev–Trinajstić information content (AvgIpc) is 2.67. The number of carbonyl (C=O) groups excluding carboxylic acids is 2. The Labute approximate surface area is 163 Å². The molecule has 16 nitrogen and oxygen atoms in total. The number of nitrogens with zero attached hydrogens (tertiary/aromatic N) is 5. The number of benzene rings is 2. The van der Waals surface area contributed by atoms with Gasteiger partial charge in [-0.2, -0.15) is 0 Å². The van der Waals surface area contributed by atoms with Crippen molar-refractivity contribution in [2.75, 3.05) is 4.90 Å². The Hall–Kier alpha value is -5.02. The highest BCUT2D eigenvalue weighted by molar-refractivity contribution is 6.42. The van der Waals surface area contributed by atoms with Crippen LogP contribution in [0.3, 0.4) is 0 Å². The monoisotopic (exact) mass is 420 g/mol. The van der Waals surface area contributed by atoms with Crippen LogP contribution < -0.4 is 10.6 Å². The lowest BCUT2D eigenvalue weighted by Gasteiger charge is -2.20. The van der Waals surface area contributed by atoms with Crippen molar-refractivity contribution in [2.24, 2.45) is 5.73 Å². The van der Waals surface area contributed by atoms with E-state index in [4.69, 9.17) is 5.73 Å². The molecule has 16 heteroatoms. The Balaban J connectivity index is 2.89. The van der Waals surface area contributed by atoms with Gasteiger partial charge in [-0.05, 0) is 12.1 Å². The SMILES string of the molecule is NC(=O)C(=O)N(c1ccc([N+](=O)[O-])cc1[N+](=O)[O-])c1ccc([N+](=O)[O-])cc1[N+](=O)[O-]. The van der Waals surface area contributed by atoms with E-state index in [0.717, 1.165) is 12.1 Å². The number of amides is 2. The molecule has 2 N–H and O–H groups in total. The first kappa shape index (κ1) is 21.3. The first-order valence-electron chi connectivity index (χ1n) is 7.45. The molecule has 154 valence electrons. The van der Waals surface area contributed by atoms with Gasteiger partial charge in [0.2, 0.25) is 0 Å². The van der Waals surface area contributed by atoms with Gasteiger partial charge in [0.1, 0.15) is 11.4 Å². The fourth-order valence-corrected chi connectivity index (χ4v) is 2.38. The number of primary amides is 1. The second-order valence-corrected chi connectivity index (χ2v) is 5.38. The zero-order valence-corrected chi connectivity index (χ0v) is 14.4. The first-order valence-corrected chi connectivity index (χ1v) is 7.45. The van der Waals surface area contributed by atoms with Gasteiger partial charge in [-0.1, -0.05) is 0 Å². The van der Waals surface area contributed by atoms with E-state index in [2.05, 4.69) is 0 Å². The highest BCUT2D eigenvalue weighted by Crippen LogP contribution is 2.41. The minimum atomic E-state index is -1.67. The summed E-state index contributed by atoms with van der Waals surface area (Å²) in [6, 6.07) is 3.85. The maximum Gasteiger partial charge on any atom is 0.321 e. The van der Waals surface area contributed by atoms with Crippen LogP contribution in [-0.4, -0.2) is 31.5 Å². The van der Waals surface area contributed by atoms with E-state index in [9.17, 15) is 50.0 Å². The molecule has 0 saturated carbocycles. The lowest BCUT2D eigenvalue weighted by Crippen LogP contribution is -2.38. The summed E-state index contributed by atoms with van der Waals surface area (Å²) in [6.45, 7) is 0. The molecule has 0 aliphatic carbocycles. The van der Waals surface area contributed by atoms with Crippen molar-refractivity contribution >= 4 is 45.9 Å². The predicted octanol–water partition coefficient (Wildman–Crippen LogP) is 1.47. The number of rotatable bonds is 6. The highest BCUT2D eigenvalue weighted by atomic mass is 16.6. The van der Waals surface area contributed by atoms with Crippen LogP contribution in [-0.2, 0) is 9.59 Å². The van der Waals surface area contributed by atoms with Crippen molar-refractivity contribution in [1.82, 2.24) is 0 Å². The number of nitrogens with two attached hydrogens (primary N) is 1. The molecule has 0 bridgehead atoms. The van der Waals surface area contributed by atoms with Crippen LogP contribution in [0, 0.1) is 40.5 Å². The average molecular weight is 420 g/mol. The minimum Gasteiger partial charge on any atom is -0.361 e. The first-order chi connectivity index (χ1) is 14.0. The van der Waals surface area contributed by atoms with Crippen LogP contribution in [0.15, 0.2) is 36.4 Å². The van der Waals surface area contributed by atoms with E-state index >= 15 is 0 Å². The smallest absolute Gasteiger partial charge is 0.321 e. The number of carbonyl (C=O) groups is 2. The molecule has 2 aromatic rings. The van der Waals surface area contributed by atoms with Crippen molar-refractivity contribution < 1.29 is 29.3 Å². The lowest BCUT2D eigenvalue weighted by atomic mass is 10.1. The molecule has 30 heavy (non-hydrogen) atoms. The van der Waals surface area contributed by atoms with Crippen molar-refractivity contribution in [2.45, 2.75) is 0 Å². The molecule has 0 aliphatic rings. The van der Waals surface area contributed by atoms with Gasteiger partial charge in [0, 0.05) is 12.1 Å². The van der Waals surface area contributed by atoms with Gasteiger partial charge >= 0.3 is 11.8 Å². The molecular weight excluding hydrogens is 412 g/mol. The van der Waals surface area contributed by atoms with E-state index in [-0.39, 0.29) is 4.90 Å². The van der Waals surface area contributed by atoms with Crippen molar-refractivity contribution in [1.29, 1.82) is 0 Å². The summed E-state index contributed by atoms with van der Waals surface area (Å²) < 4.78 is 0. The summed E-state index contributed by atoms with van der Waals surface area (Å²) >= 11 is 0. The summed E-state index contributed by atoms with van der Waals surface area (Å²) in [5.41, 5.74) is -0.163. The largest absolute Gasteiger partial charge is 0.361 e. The van der Waals surface area contributed by atoms with Crippen LogP contribution in [0.4, 0.5) is 34.1 Å². The van der Waals surface area contributed by atoms with E-state index in [0.29, 0.717) is 24.3 Å². The topological polar surface area (TPSA) is 236 Å². The normalized spacial score (nSPS) is 10.1. The maximum absolute atomic E-state index is 12.4. The summed E-state index contributed by atoms with van der Waals surface area (Å²) in [4.78, 5) is 64.4. The van der Waals surface area contributed by atoms with Crippen LogP contribution in [0.5, 0.6) is 0 Å². The van der Waals surface area contributed by atoms with Gasteiger partial charge in [-0.25, -0.2) is 0 Å². The fourth-order valence-electron chi connectivity index (χ4n) is 2.38. The summed E-state index contributed by atoms with van der Waals surface area (Å²) in [7, 11) is 0. The lowest BCUT2D eigenvalue weighted by molar-refractivity contribution is -0.393. The molecule has 2 rings (SSSR count). The highest BCUT2D eigenvalue weighted by Gasteiger charge is 2.35. The predicted molar refractivity (Wildman–Crippen MR) is 95.8 cm³/mol. The molecule has 2 aromatic carbocycles. The van der Waals surface area contributed by atoms with Gasteiger partial charge < -0.3 is 5.73 Å². The fraction of sp³-hybridized carbons (Fsp3) is 0. The summed E-state index contributed by atoms with van der Waals surface area (Å²) in [5, 5.41) is 44.6. The van der Waals surface area contributed by atoms with E-state index in [1.807, 2.05) is 0 Å². The van der Waals surface area contributed by atoms with Crippen LogP contribution in [0.1, 0.15) is 0 Å². The van der Waals surface area contributed by atoms with Gasteiger partial charge in [-0.3, -0.25) is 54.9 Å². The molecule has 0 aromatic heterocycles. The third-order valence-electron chi connectivity index (χ3n) is 3.63. The molecule has 0 radical (unpaired) electrons. The van der Waals surface area contributed by atoms with Crippen molar-refractivity contribution in [3.63, 3.8) is 0 Å². The van der Waals surface area contributed by atoms with E-state index in [1.165, 1.54) is 0 Å². The zero-order valence-electron chi connectivity index (χ0n) is 14.4. The van der Waals surface area contributed by atoms with E-state index in [1.54, 1.807) is 0 Å². The number of non-ortho nitro benzene ring substituents is 2. The Morgan fingerprint density at radius 3 is 1.33 bits per heavy atom. The third kappa shape index (κ3) is 3.96. The number of nitro benzene ring substituents is 4. The second-order valence-electron chi connectivity index (χ2n) is 5.38. The van der Waals surface area contributed by atoms with Gasteiger partial charge in [0.15, 0.2) is 0 Å². The van der Waals surface area contributed by atoms with Crippen molar-refractivity contribution in [3.05, 3.63) is 76.9 Å². The Morgan fingerprint density at radius 2 is 1.07 bits per heavy atom. The second kappa shape index (κ2) is 7.92. The molecule has 0 spiro atoms. The standard InChI is InChI=1S/C14H8N6O10/c15-13(21)14(22)16(9-3-1-7(17(23)24)5-11(9)19(27)28)10-4-2-8(18(25)26)6-12(10)20(29)30/h1-6H,(H2,15,21). The van der Waals surface area contributed by atoms with Crippen LogP contribution >= 0.6 is 0 Å². The van der Waals surface area contributed by atoms with E-state index < -0.39 is 65.6 Å². The summed E-state index contributed by atoms with van der Waals surface area (Å²) in [6.07, 6.45) is 0. The van der Waals surface area contributed by atoms with Crippen molar-refractivity contribution in [3.8, 4) is 0 Å². The summed E-state index contributed by atoms with van der Waals surface area (Å²) in [5.74, 6) is -3.33. The van der Waals surface area contributed by atoms with Gasteiger partial charge in [0.25, 0.3) is 22.7 Å². The molecule has 0 unspecified atom stereocenters.